The molecule has 3 nitrogen and oxygen atoms in total. The molecule has 0 aromatic rings. The van der Waals surface area contributed by atoms with Gasteiger partial charge < -0.3 is 0 Å². The number of hydrogen-bond donors (Lipinski definition) is 0. The standard InChI is InChI=1S/C4H3NO2/c1-2-4(7)5-3-6/h2H,1H2. The van der Waals surface area contributed by atoms with Crippen LogP contribution < -0.4 is 0 Å². The zero-order valence-electron chi connectivity index (χ0n) is 3.55. The van der Waals surface area contributed by atoms with Crippen molar-refractivity contribution in [2.75, 3.05) is 0 Å². The van der Waals surface area contributed by atoms with Gasteiger partial charge in [-0.15, -0.1) is 4.99 Å². The molecule has 0 N–H and O–H groups in total. The fourth-order valence-corrected chi connectivity index (χ4v) is 0.0906. The Morgan fingerprint density at radius 3 is 2.57 bits per heavy atom. The van der Waals surface area contributed by atoms with Crippen molar-refractivity contribution >= 4 is 12.0 Å². The van der Waals surface area contributed by atoms with Crippen molar-refractivity contribution in [1.82, 2.24) is 0 Å². The van der Waals surface area contributed by atoms with Crippen LogP contribution in [0.3, 0.4) is 0 Å². The zero-order chi connectivity index (χ0) is 5.70. The first-order valence-corrected chi connectivity index (χ1v) is 1.55. The maximum absolute atomic E-state index is 9.86. The second-order valence-electron chi connectivity index (χ2n) is 0.745. The average molecular weight is 97.1 g/mol. The molecule has 1 amide bonds. The molecule has 36 valence electrons. The summed E-state index contributed by atoms with van der Waals surface area (Å²) in [6.07, 6.45) is 2.01. The van der Waals surface area contributed by atoms with Gasteiger partial charge in [-0.25, -0.2) is 4.79 Å². The third-order valence-electron chi connectivity index (χ3n) is 0.330. The van der Waals surface area contributed by atoms with Gasteiger partial charge in [0.25, 0.3) is 5.91 Å². The van der Waals surface area contributed by atoms with Crippen LogP contribution in [0.1, 0.15) is 0 Å². The van der Waals surface area contributed by atoms with Crippen molar-refractivity contribution in [3.63, 3.8) is 0 Å². The van der Waals surface area contributed by atoms with E-state index in [-0.39, 0.29) is 0 Å². The molecule has 0 aromatic carbocycles. The normalized spacial score (nSPS) is 6.29. The molecule has 0 rings (SSSR count). The van der Waals surface area contributed by atoms with Crippen molar-refractivity contribution in [2.45, 2.75) is 0 Å². The molecule has 0 aromatic heterocycles. The summed E-state index contributed by atoms with van der Waals surface area (Å²) in [4.78, 5) is 21.8. The van der Waals surface area contributed by atoms with Crippen LogP contribution in [-0.2, 0) is 9.59 Å². The fourth-order valence-electron chi connectivity index (χ4n) is 0.0906. The van der Waals surface area contributed by atoms with Crippen LogP contribution in [0, 0.1) is 0 Å². The van der Waals surface area contributed by atoms with Gasteiger partial charge in [-0.05, 0) is 6.08 Å². The first-order chi connectivity index (χ1) is 3.31. The molecule has 0 bridgehead atoms. The topological polar surface area (TPSA) is 46.5 Å². The Balaban J connectivity index is 3.82. The Hall–Kier alpha value is -1.21. The van der Waals surface area contributed by atoms with E-state index in [9.17, 15) is 9.59 Å². The van der Waals surface area contributed by atoms with Gasteiger partial charge in [0.1, 0.15) is 0 Å². The predicted octanol–water partition coefficient (Wildman–Crippen LogP) is 0.0348. The van der Waals surface area contributed by atoms with Gasteiger partial charge in [-0.2, -0.15) is 0 Å². The number of amides is 1. The van der Waals surface area contributed by atoms with E-state index < -0.39 is 5.91 Å². The molecule has 0 saturated carbocycles. The van der Waals surface area contributed by atoms with Crippen LogP contribution in [0.2, 0.25) is 0 Å². The number of hydrogen-bond acceptors (Lipinski definition) is 2. The van der Waals surface area contributed by atoms with Crippen molar-refractivity contribution in [3.8, 4) is 0 Å². The lowest BCUT2D eigenvalue weighted by molar-refractivity contribution is -0.113. The third kappa shape index (κ3) is 2.60. The highest BCUT2D eigenvalue weighted by Crippen LogP contribution is 1.68. The highest BCUT2D eigenvalue weighted by atomic mass is 16.2. The molecule has 0 saturated heterocycles. The summed E-state index contributed by atoms with van der Waals surface area (Å²) in [5, 5.41) is 0. The van der Waals surface area contributed by atoms with Gasteiger partial charge in [-0.1, -0.05) is 6.58 Å². The van der Waals surface area contributed by atoms with Crippen molar-refractivity contribution in [3.05, 3.63) is 12.7 Å². The first-order valence-electron chi connectivity index (χ1n) is 1.55. The fraction of sp³-hybridized carbons (Fsp3) is 0. The maximum Gasteiger partial charge on any atom is 0.279 e. The maximum atomic E-state index is 9.86. The minimum atomic E-state index is -0.657. The lowest BCUT2D eigenvalue weighted by Crippen LogP contribution is -1.80. The molecule has 0 radical (unpaired) electrons. The summed E-state index contributed by atoms with van der Waals surface area (Å²) in [6.45, 7) is 3.06. The van der Waals surface area contributed by atoms with E-state index in [1.807, 2.05) is 0 Å². The average Bonchev–Trinajstić information content (AvgIpc) is 1.68. The van der Waals surface area contributed by atoms with E-state index in [2.05, 4.69) is 11.6 Å². The minimum absolute atomic E-state index is 0.657. The quantitative estimate of drug-likeness (QED) is 0.263. The Labute approximate surface area is 40.4 Å². The van der Waals surface area contributed by atoms with Crippen LogP contribution in [0.25, 0.3) is 0 Å². The van der Waals surface area contributed by atoms with Crippen LogP contribution >= 0.6 is 0 Å². The van der Waals surface area contributed by atoms with Crippen LogP contribution in [-0.4, -0.2) is 12.0 Å². The molecule has 0 unspecified atom stereocenters. The summed E-state index contributed by atoms with van der Waals surface area (Å²) < 4.78 is 0. The minimum Gasteiger partial charge on any atom is -0.267 e. The molecule has 0 aliphatic heterocycles. The number of isocyanates is 1. The summed E-state index contributed by atoms with van der Waals surface area (Å²) >= 11 is 0. The monoisotopic (exact) mass is 97.0 g/mol. The Morgan fingerprint density at radius 2 is 2.43 bits per heavy atom. The van der Waals surface area contributed by atoms with Crippen molar-refractivity contribution in [1.29, 1.82) is 0 Å². The second kappa shape index (κ2) is 3.00. The van der Waals surface area contributed by atoms with Gasteiger partial charge in [0.15, 0.2) is 0 Å². The molecule has 0 aliphatic rings. The molecule has 0 atom stereocenters. The van der Waals surface area contributed by atoms with E-state index in [1.54, 1.807) is 0 Å². The van der Waals surface area contributed by atoms with E-state index in [0.717, 1.165) is 12.2 Å². The highest BCUT2D eigenvalue weighted by Gasteiger charge is 1.81. The number of aliphatic imine (C=N–C) groups is 1. The van der Waals surface area contributed by atoms with E-state index in [1.165, 1.54) is 0 Å². The third-order valence-corrected chi connectivity index (χ3v) is 0.330. The van der Waals surface area contributed by atoms with Gasteiger partial charge in [-0.3, -0.25) is 4.79 Å². The summed E-state index contributed by atoms with van der Waals surface area (Å²) in [5.41, 5.74) is 0. The lowest BCUT2D eigenvalue weighted by atomic mass is 10.6. The summed E-state index contributed by atoms with van der Waals surface area (Å²) in [6, 6.07) is 0. The number of carbonyl (C=O) groups is 1. The van der Waals surface area contributed by atoms with Crippen molar-refractivity contribution < 1.29 is 9.59 Å². The highest BCUT2D eigenvalue weighted by molar-refractivity contribution is 5.90. The number of carbonyl (C=O) groups excluding carboxylic acids is 2. The molecule has 0 aliphatic carbocycles. The van der Waals surface area contributed by atoms with Gasteiger partial charge in [0.05, 0.1) is 0 Å². The van der Waals surface area contributed by atoms with Crippen LogP contribution in [0.5, 0.6) is 0 Å². The Bertz CT molecular complexity index is 133. The molecule has 0 spiro atoms. The SMILES string of the molecule is C=CC(=O)N=C=O. The summed E-state index contributed by atoms with van der Waals surface area (Å²) in [5.74, 6) is -0.657. The molecular formula is C4H3NO2. The lowest BCUT2D eigenvalue weighted by Gasteiger charge is -1.66. The predicted molar refractivity (Wildman–Crippen MR) is 23.3 cm³/mol. The molecule has 0 fully saturated rings. The summed E-state index contributed by atoms with van der Waals surface area (Å²) in [7, 11) is 0. The van der Waals surface area contributed by atoms with Gasteiger partial charge in [0.2, 0.25) is 6.08 Å². The largest absolute Gasteiger partial charge is 0.279 e. The van der Waals surface area contributed by atoms with E-state index >= 15 is 0 Å². The van der Waals surface area contributed by atoms with E-state index in [0.29, 0.717) is 0 Å². The first kappa shape index (κ1) is 5.79. The molecule has 0 heterocycles. The van der Waals surface area contributed by atoms with Crippen molar-refractivity contribution in [2.24, 2.45) is 4.99 Å². The van der Waals surface area contributed by atoms with Crippen LogP contribution in [0.4, 0.5) is 0 Å². The Kier molecular flexibility index (Phi) is 2.48. The second-order valence-corrected chi connectivity index (χ2v) is 0.745. The van der Waals surface area contributed by atoms with E-state index in [4.69, 9.17) is 0 Å². The molecule has 3 heteroatoms. The number of rotatable bonds is 1. The molecule has 7 heavy (non-hydrogen) atoms. The van der Waals surface area contributed by atoms with Gasteiger partial charge in [0, 0.05) is 0 Å². The zero-order valence-corrected chi connectivity index (χ0v) is 3.55. The van der Waals surface area contributed by atoms with Gasteiger partial charge >= 0.3 is 0 Å². The van der Waals surface area contributed by atoms with Crippen LogP contribution in [0.15, 0.2) is 17.6 Å². The Morgan fingerprint density at radius 1 is 1.86 bits per heavy atom. The smallest absolute Gasteiger partial charge is 0.267 e. The molecular weight excluding hydrogens is 94.0 g/mol. The number of nitrogens with zero attached hydrogens (tertiary/aromatic N) is 1.